The molecule has 0 saturated carbocycles. The van der Waals surface area contributed by atoms with Gasteiger partial charge in [0.05, 0.1) is 0 Å². The molecule has 1 aliphatic rings. The molecule has 1 nitrogen and oxygen atoms in total. The van der Waals surface area contributed by atoms with Gasteiger partial charge in [-0.05, 0) is 49.3 Å². The molecule has 2 aromatic carbocycles. The van der Waals surface area contributed by atoms with Gasteiger partial charge < -0.3 is 5.32 Å². The van der Waals surface area contributed by atoms with Crippen LogP contribution >= 0.6 is 0 Å². The number of hydrogen-bond donors (Lipinski definition) is 1. The van der Waals surface area contributed by atoms with Gasteiger partial charge in [-0.25, -0.2) is 0 Å². The zero-order valence-electron chi connectivity index (χ0n) is 12.7. The smallest absolute Gasteiger partial charge is 0.0373 e. The van der Waals surface area contributed by atoms with Crippen LogP contribution in [0.25, 0.3) is 0 Å². The van der Waals surface area contributed by atoms with Crippen molar-refractivity contribution in [2.75, 3.05) is 11.9 Å². The normalized spacial score (nSPS) is 21.1. The van der Waals surface area contributed by atoms with Crippen molar-refractivity contribution >= 4 is 5.69 Å². The SMILES string of the molecule is Cc1ccc(CC2(C)CNc3ccc(C)cc3C2)cc1. The Hall–Kier alpha value is -1.76. The van der Waals surface area contributed by atoms with E-state index in [0.29, 0.717) is 5.41 Å². The van der Waals surface area contributed by atoms with E-state index in [1.165, 1.54) is 27.9 Å². The Labute approximate surface area is 122 Å². The molecular formula is C19H23N. The van der Waals surface area contributed by atoms with Crippen LogP contribution in [0.2, 0.25) is 0 Å². The van der Waals surface area contributed by atoms with Crippen LogP contribution in [-0.4, -0.2) is 6.54 Å². The highest BCUT2D eigenvalue weighted by Crippen LogP contribution is 2.35. The van der Waals surface area contributed by atoms with E-state index >= 15 is 0 Å². The van der Waals surface area contributed by atoms with Gasteiger partial charge >= 0.3 is 0 Å². The number of hydrogen-bond acceptors (Lipinski definition) is 1. The minimum Gasteiger partial charge on any atom is -0.384 e. The van der Waals surface area contributed by atoms with Gasteiger partial charge in [0, 0.05) is 12.2 Å². The van der Waals surface area contributed by atoms with Gasteiger partial charge in [-0.3, -0.25) is 0 Å². The van der Waals surface area contributed by atoms with Crippen molar-refractivity contribution in [3.8, 4) is 0 Å². The highest BCUT2D eigenvalue weighted by Gasteiger charge is 2.29. The fourth-order valence-electron chi connectivity index (χ4n) is 3.20. The summed E-state index contributed by atoms with van der Waals surface area (Å²) in [5, 5.41) is 3.61. The zero-order chi connectivity index (χ0) is 14.2. The Morgan fingerprint density at radius 3 is 2.45 bits per heavy atom. The van der Waals surface area contributed by atoms with Crippen LogP contribution in [0.1, 0.15) is 29.2 Å². The van der Waals surface area contributed by atoms with Crippen molar-refractivity contribution < 1.29 is 0 Å². The third kappa shape index (κ3) is 2.72. The maximum Gasteiger partial charge on any atom is 0.0373 e. The summed E-state index contributed by atoms with van der Waals surface area (Å²) in [4.78, 5) is 0. The third-order valence-electron chi connectivity index (χ3n) is 4.34. The van der Waals surface area contributed by atoms with E-state index in [4.69, 9.17) is 0 Å². The van der Waals surface area contributed by atoms with E-state index in [0.717, 1.165) is 19.4 Å². The number of rotatable bonds is 2. The van der Waals surface area contributed by atoms with E-state index in [-0.39, 0.29) is 0 Å². The minimum atomic E-state index is 0.302. The lowest BCUT2D eigenvalue weighted by atomic mass is 9.75. The Morgan fingerprint density at radius 1 is 1.00 bits per heavy atom. The first-order valence-corrected chi connectivity index (χ1v) is 7.43. The lowest BCUT2D eigenvalue weighted by molar-refractivity contribution is 0.333. The zero-order valence-corrected chi connectivity index (χ0v) is 12.7. The van der Waals surface area contributed by atoms with E-state index < -0.39 is 0 Å². The van der Waals surface area contributed by atoms with Gasteiger partial charge in [0.15, 0.2) is 0 Å². The van der Waals surface area contributed by atoms with Crippen LogP contribution < -0.4 is 5.32 Å². The summed E-state index contributed by atoms with van der Waals surface area (Å²) in [5.41, 5.74) is 7.21. The first kappa shape index (κ1) is 13.2. The Morgan fingerprint density at radius 2 is 1.70 bits per heavy atom. The largest absolute Gasteiger partial charge is 0.384 e. The molecule has 1 unspecified atom stereocenters. The number of benzene rings is 2. The number of aryl methyl sites for hydroxylation is 2. The molecular weight excluding hydrogens is 242 g/mol. The van der Waals surface area contributed by atoms with E-state index in [9.17, 15) is 0 Å². The first-order valence-electron chi connectivity index (χ1n) is 7.43. The molecule has 1 N–H and O–H groups in total. The average molecular weight is 265 g/mol. The van der Waals surface area contributed by atoms with E-state index in [2.05, 4.69) is 68.6 Å². The molecule has 1 aliphatic heterocycles. The van der Waals surface area contributed by atoms with Gasteiger partial charge in [-0.1, -0.05) is 54.4 Å². The molecule has 1 atom stereocenters. The number of anilines is 1. The molecule has 2 aromatic rings. The van der Waals surface area contributed by atoms with Crippen LogP contribution in [0.4, 0.5) is 5.69 Å². The van der Waals surface area contributed by atoms with Gasteiger partial charge in [0.2, 0.25) is 0 Å². The fraction of sp³-hybridized carbons (Fsp3) is 0.368. The maximum absolute atomic E-state index is 3.61. The van der Waals surface area contributed by atoms with E-state index in [1.807, 2.05) is 0 Å². The standard InChI is InChI=1S/C19H23N/c1-14-4-7-16(8-5-14)11-19(3)12-17-10-15(2)6-9-18(17)20-13-19/h4-10,20H,11-13H2,1-3H3. The lowest BCUT2D eigenvalue weighted by Gasteiger charge is -2.36. The van der Waals surface area contributed by atoms with Gasteiger partial charge in [0.1, 0.15) is 0 Å². The van der Waals surface area contributed by atoms with Crippen molar-refractivity contribution in [3.63, 3.8) is 0 Å². The molecule has 20 heavy (non-hydrogen) atoms. The summed E-state index contributed by atoms with van der Waals surface area (Å²) >= 11 is 0. The minimum absolute atomic E-state index is 0.302. The predicted octanol–water partition coefficient (Wildman–Crippen LogP) is 4.52. The van der Waals surface area contributed by atoms with Crippen molar-refractivity contribution in [1.82, 2.24) is 0 Å². The summed E-state index contributed by atoms with van der Waals surface area (Å²) in [6.07, 6.45) is 2.29. The molecule has 0 aromatic heterocycles. The second-order valence-corrected chi connectivity index (χ2v) is 6.66. The Bertz CT molecular complexity index is 612. The quantitative estimate of drug-likeness (QED) is 0.841. The third-order valence-corrected chi connectivity index (χ3v) is 4.34. The molecule has 3 rings (SSSR count). The van der Waals surface area contributed by atoms with Gasteiger partial charge in [-0.2, -0.15) is 0 Å². The first-order chi connectivity index (χ1) is 9.54. The Balaban J connectivity index is 1.82. The maximum atomic E-state index is 3.61. The summed E-state index contributed by atoms with van der Waals surface area (Å²) in [7, 11) is 0. The highest BCUT2D eigenvalue weighted by molar-refractivity contribution is 5.55. The van der Waals surface area contributed by atoms with Crippen LogP contribution in [-0.2, 0) is 12.8 Å². The number of fused-ring (bicyclic) bond motifs is 1. The van der Waals surface area contributed by atoms with Crippen LogP contribution in [0.15, 0.2) is 42.5 Å². The van der Waals surface area contributed by atoms with Crippen LogP contribution in [0.3, 0.4) is 0 Å². The average Bonchev–Trinajstić information content (AvgIpc) is 2.41. The predicted molar refractivity (Wildman–Crippen MR) is 86.4 cm³/mol. The summed E-state index contributed by atoms with van der Waals surface area (Å²) in [6, 6.07) is 15.7. The van der Waals surface area contributed by atoms with Gasteiger partial charge in [0.25, 0.3) is 0 Å². The lowest BCUT2D eigenvalue weighted by Crippen LogP contribution is -2.35. The molecule has 0 saturated heterocycles. The molecule has 1 heterocycles. The molecule has 0 radical (unpaired) electrons. The van der Waals surface area contributed by atoms with Gasteiger partial charge in [-0.15, -0.1) is 0 Å². The topological polar surface area (TPSA) is 12.0 Å². The Kier molecular flexibility index (Phi) is 3.29. The van der Waals surface area contributed by atoms with Crippen molar-refractivity contribution in [2.45, 2.75) is 33.6 Å². The van der Waals surface area contributed by atoms with Crippen LogP contribution in [0, 0.1) is 19.3 Å². The molecule has 104 valence electrons. The molecule has 0 aliphatic carbocycles. The number of nitrogens with one attached hydrogen (secondary N) is 1. The summed E-state index contributed by atoms with van der Waals surface area (Å²) < 4.78 is 0. The fourth-order valence-corrected chi connectivity index (χ4v) is 3.20. The molecule has 0 amide bonds. The summed E-state index contributed by atoms with van der Waals surface area (Å²) in [5.74, 6) is 0. The van der Waals surface area contributed by atoms with E-state index in [1.54, 1.807) is 0 Å². The second kappa shape index (κ2) is 4.97. The van der Waals surface area contributed by atoms with Crippen molar-refractivity contribution in [3.05, 3.63) is 64.7 Å². The molecule has 0 spiro atoms. The molecule has 0 bridgehead atoms. The molecule has 1 heteroatoms. The highest BCUT2D eigenvalue weighted by atomic mass is 14.9. The van der Waals surface area contributed by atoms with Crippen LogP contribution in [0.5, 0.6) is 0 Å². The summed E-state index contributed by atoms with van der Waals surface area (Å²) in [6.45, 7) is 7.76. The van der Waals surface area contributed by atoms with Crippen molar-refractivity contribution in [2.24, 2.45) is 5.41 Å². The second-order valence-electron chi connectivity index (χ2n) is 6.66. The molecule has 0 fully saturated rings. The monoisotopic (exact) mass is 265 g/mol. The van der Waals surface area contributed by atoms with Crippen molar-refractivity contribution in [1.29, 1.82) is 0 Å².